The van der Waals surface area contributed by atoms with E-state index in [0.717, 1.165) is 5.56 Å². The lowest BCUT2D eigenvalue weighted by atomic mass is 10.1. The highest BCUT2D eigenvalue weighted by Crippen LogP contribution is 2.24. The SMILES string of the molecule is CCOC(=O)c1cnn2c(-c3cccc(NC(=O)Nc4cc(C)no4)c3)ccnc12. The van der Waals surface area contributed by atoms with E-state index in [1.165, 1.54) is 6.20 Å². The third-order valence-electron chi connectivity index (χ3n) is 4.18. The number of fused-ring (bicyclic) bond motifs is 1. The first kappa shape index (κ1) is 19.1. The zero-order chi connectivity index (χ0) is 21.1. The molecule has 0 saturated carbocycles. The second kappa shape index (κ2) is 8.03. The summed E-state index contributed by atoms with van der Waals surface area (Å²) >= 11 is 0. The van der Waals surface area contributed by atoms with Crippen molar-refractivity contribution < 1.29 is 18.8 Å². The lowest BCUT2D eigenvalue weighted by Gasteiger charge is -2.09. The smallest absolute Gasteiger partial charge is 0.343 e. The molecule has 0 bridgehead atoms. The minimum absolute atomic E-state index is 0.250. The molecule has 30 heavy (non-hydrogen) atoms. The normalized spacial score (nSPS) is 10.7. The van der Waals surface area contributed by atoms with Crippen molar-refractivity contribution >= 4 is 29.2 Å². The van der Waals surface area contributed by atoms with Crippen LogP contribution in [0.25, 0.3) is 16.9 Å². The quantitative estimate of drug-likeness (QED) is 0.486. The maximum absolute atomic E-state index is 12.2. The van der Waals surface area contributed by atoms with Crippen LogP contribution in [0.5, 0.6) is 0 Å². The number of esters is 1. The van der Waals surface area contributed by atoms with Crippen LogP contribution in [0, 0.1) is 6.92 Å². The van der Waals surface area contributed by atoms with Gasteiger partial charge in [0.25, 0.3) is 0 Å². The van der Waals surface area contributed by atoms with Crippen molar-refractivity contribution in [3.8, 4) is 11.3 Å². The molecule has 3 aromatic heterocycles. The molecule has 0 radical (unpaired) electrons. The Kier molecular flexibility index (Phi) is 5.12. The molecule has 152 valence electrons. The summed E-state index contributed by atoms with van der Waals surface area (Å²) in [5.74, 6) is -0.230. The van der Waals surface area contributed by atoms with Crippen LogP contribution >= 0.6 is 0 Å². The number of aromatic nitrogens is 4. The number of aryl methyl sites for hydroxylation is 1. The molecule has 0 unspecified atom stereocenters. The Balaban J connectivity index is 1.60. The molecular weight excluding hydrogens is 388 g/mol. The Morgan fingerprint density at radius 3 is 2.83 bits per heavy atom. The van der Waals surface area contributed by atoms with Gasteiger partial charge in [-0.15, -0.1) is 0 Å². The second-order valence-corrected chi connectivity index (χ2v) is 6.34. The van der Waals surface area contributed by atoms with Gasteiger partial charge in [0.2, 0.25) is 5.88 Å². The minimum Gasteiger partial charge on any atom is -0.462 e. The van der Waals surface area contributed by atoms with E-state index in [1.54, 1.807) is 54.9 Å². The van der Waals surface area contributed by atoms with Gasteiger partial charge in [-0.1, -0.05) is 17.3 Å². The number of urea groups is 1. The summed E-state index contributed by atoms with van der Waals surface area (Å²) in [5, 5.41) is 13.3. The van der Waals surface area contributed by atoms with Crippen molar-refractivity contribution in [1.29, 1.82) is 0 Å². The Labute approximate surface area is 170 Å². The van der Waals surface area contributed by atoms with Gasteiger partial charge in [-0.3, -0.25) is 5.32 Å². The van der Waals surface area contributed by atoms with Crippen molar-refractivity contribution in [2.24, 2.45) is 0 Å². The monoisotopic (exact) mass is 406 g/mol. The van der Waals surface area contributed by atoms with E-state index in [1.807, 2.05) is 6.07 Å². The van der Waals surface area contributed by atoms with E-state index in [9.17, 15) is 9.59 Å². The minimum atomic E-state index is -0.480. The average molecular weight is 406 g/mol. The molecule has 10 heteroatoms. The Hall–Kier alpha value is -4.21. The predicted molar refractivity (Wildman–Crippen MR) is 108 cm³/mol. The van der Waals surface area contributed by atoms with E-state index >= 15 is 0 Å². The van der Waals surface area contributed by atoms with Crippen LogP contribution in [0.15, 0.2) is 53.3 Å². The number of nitrogens with zero attached hydrogens (tertiary/aromatic N) is 4. The molecule has 2 N–H and O–H groups in total. The first-order valence-electron chi connectivity index (χ1n) is 9.17. The number of nitrogens with one attached hydrogen (secondary N) is 2. The Bertz CT molecular complexity index is 1230. The molecule has 0 spiro atoms. The number of carbonyl (C=O) groups excluding carboxylic acids is 2. The molecule has 1 aromatic carbocycles. The van der Waals surface area contributed by atoms with Crippen LogP contribution in [-0.2, 0) is 4.74 Å². The van der Waals surface area contributed by atoms with E-state index in [2.05, 4.69) is 25.9 Å². The third kappa shape index (κ3) is 3.83. The molecule has 4 aromatic rings. The maximum Gasteiger partial charge on any atom is 0.343 e. The molecular formula is C20H18N6O4. The molecule has 10 nitrogen and oxygen atoms in total. The average Bonchev–Trinajstić information content (AvgIpc) is 3.34. The summed E-state index contributed by atoms with van der Waals surface area (Å²) in [6, 6.07) is 10.1. The predicted octanol–water partition coefficient (Wildman–Crippen LogP) is 3.51. The van der Waals surface area contributed by atoms with Gasteiger partial charge >= 0.3 is 12.0 Å². The topological polar surface area (TPSA) is 124 Å². The van der Waals surface area contributed by atoms with Gasteiger partial charge in [0.05, 0.1) is 24.2 Å². The highest BCUT2D eigenvalue weighted by Gasteiger charge is 2.17. The lowest BCUT2D eigenvalue weighted by molar-refractivity contribution is 0.0528. The summed E-state index contributed by atoms with van der Waals surface area (Å²) in [4.78, 5) is 28.6. The summed E-state index contributed by atoms with van der Waals surface area (Å²) in [5.41, 5.74) is 3.37. The summed E-state index contributed by atoms with van der Waals surface area (Å²) < 4.78 is 11.6. The van der Waals surface area contributed by atoms with Crippen molar-refractivity contribution in [2.75, 3.05) is 17.2 Å². The highest BCUT2D eigenvalue weighted by molar-refractivity contribution is 5.99. The van der Waals surface area contributed by atoms with E-state index in [0.29, 0.717) is 22.7 Å². The number of hydrogen-bond donors (Lipinski definition) is 2. The Morgan fingerprint density at radius 2 is 2.07 bits per heavy atom. The van der Waals surface area contributed by atoms with Gasteiger partial charge in [0, 0.05) is 23.5 Å². The summed E-state index contributed by atoms with van der Waals surface area (Å²) in [7, 11) is 0. The molecule has 0 saturated heterocycles. The fourth-order valence-corrected chi connectivity index (χ4v) is 2.92. The van der Waals surface area contributed by atoms with Gasteiger partial charge in [0.15, 0.2) is 5.65 Å². The van der Waals surface area contributed by atoms with Crippen LogP contribution in [0.3, 0.4) is 0 Å². The number of carbonyl (C=O) groups is 2. The Morgan fingerprint density at radius 1 is 1.20 bits per heavy atom. The van der Waals surface area contributed by atoms with Crippen molar-refractivity contribution in [1.82, 2.24) is 19.8 Å². The van der Waals surface area contributed by atoms with Gasteiger partial charge in [0.1, 0.15) is 5.56 Å². The molecule has 4 rings (SSSR count). The molecule has 2 amide bonds. The van der Waals surface area contributed by atoms with Gasteiger partial charge in [-0.25, -0.2) is 19.1 Å². The zero-order valence-corrected chi connectivity index (χ0v) is 16.2. The molecule has 0 aliphatic carbocycles. The number of rotatable bonds is 5. The molecule has 0 aliphatic heterocycles. The van der Waals surface area contributed by atoms with Crippen molar-refractivity contribution in [3.63, 3.8) is 0 Å². The van der Waals surface area contributed by atoms with E-state index < -0.39 is 12.0 Å². The molecule has 3 heterocycles. The maximum atomic E-state index is 12.2. The first-order chi connectivity index (χ1) is 14.5. The van der Waals surface area contributed by atoms with Gasteiger partial charge in [-0.05, 0) is 32.0 Å². The van der Waals surface area contributed by atoms with Crippen LogP contribution < -0.4 is 10.6 Å². The molecule has 0 fully saturated rings. The van der Waals surface area contributed by atoms with Crippen LogP contribution in [-0.4, -0.2) is 38.4 Å². The largest absolute Gasteiger partial charge is 0.462 e. The zero-order valence-electron chi connectivity index (χ0n) is 16.2. The lowest BCUT2D eigenvalue weighted by Crippen LogP contribution is -2.19. The number of anilines is 2. The fourth-order valence-electron chi connectivity index (χ4n) is 2.92. The van der Waals surface area contributed by atoms with E-state index in [4.69, 9.17) is 9.26 Å². The highest BCUT2D eigenvalue weighted by atomic mass is 16.5. The number of ether oxygens (including phenoxy) is 1. The summed E-state index contributed by atoms with van der Waals surface area (Å²) in [6.45, 7) is 3.76. The molecule has 0 aliphatic rings. The van der Waals surface area contributed by atoms with E-state index in [-0.39, 0.29) is 18.1 Å². The number of benzene rings is 1. The van der Waals surface area contributed by atoms with Crippen molar-refractivity contribution in [3.05, 3.63) is 60.0 Å². The number of amides is 2. The third-order valence-corrected chi connectivity index (χ3v) is 4.18. The van der Waals surface area contributed by atoms with Gasteiger partial charge < -0.3 is 14.6 Å². The standard InChI is InChI=1S/C20H18N6O4/c1-3-29-19(27)15-11-22-26-16(7-8-21-18(15)26)13-5-4-6-14(10-13)23-20(28)24-17-9-12(2)25-30-17/h4-11H,3H2,1-2H3,(H2,23,24,28). The fraction of sp³-hybridized carbons (Fsp3) is 0.150. The van der Waals surface area contributed by atoms with Crippen LogP contribution in [0.2, 0.25) is 0 Å². The van der Waals surface area contributed by atoms with Crippen molar-refractivity contribution in [2.45, 2.75) is 13.8 Å². The first-order valence-corrected chi connectivity index (χ1v) is 9.17. The van der Waals surface area contributed by atoms with Gasteiger partial charge in [-0.2, -0.15) is 5.10 Å². The number of hydrogen-bond acceptors (Lipinski definition) is 7. The van der Waals surface area contributed by atoms with Crippen LogP contribution in [0.4, 0.5) is 16.4 Å². The second-order valence-electron chi connectivity index (χ2n) is 6.34. The van der Waals surface area contributed by atoms with Crippen LogP contribution in [0.1, 0.15) is 23.0 Å². The summed E-state index contributed by atoms with van der Waals surface area (Å²) in [6.07, 6.45) is 3.02. The molecule has 0 atom stereocenters.